The van der Waals surface area contributed by atoms with E-state index in [1.807, 2.05) is 12.1 Å². The summed E-state index contributed by atoms with van der Waals surface area (Å²) in [5.74, 6) is 0. The van der Waals surface area contributed by atoms with Gasteiger partial charge in [0.15, 0.2) is 0 Å². The molecular formula is C16H13N3O3. The fraction of sp³-hybridized carbons (Fsp3) is 0.125. The van der Waals surface area contributed by atoms with Gasteiger partial charge in [-0.15, -0.1) is 4.91 Å². The second-order valence-corrected chi connectivity index (χ2v) is 4.65. The van der Waals surface area contributed by atoms with Crippen molar-refractivity contribution in [2.24, 2.45) is 5.18 Å². The summed E-state index contributed by atoms with van der Waals surface area (Å²) < 4.78 is 0. The Bertz CT molecular complexity index is 738. The summed E-state index contributed by atoms with van der Waals surface area (Å²) in [6.45, 7) is 1.71. The minimum absolute atomic E-state index is 0.0239. The van der Waals surface area contributed by atoms with Crippen LogP contribution >= 0.6 is 0 Å². The molecule has 0 radical (unpaired) electrons. The number of carboxylic acid groups (broad SMARTS) is 1. The molecule has 6 nitrogen and oxygen atoms in total. The van der Waals surface area contributed by atoms with Crippen molar-refractivity contribution in [3.63, 3.8) is 0 Å². The van der Waals surface area contributed by atoms with E-state index in [0.717, 1.165) is 10.5 Å². The van der Waals surface area contributed by atoms with Crippen molar-refractivity contribution in [2.45, 2.75) is 13.0 Å². The molecule has 0 unspecified atom stereocenters. The van der Waals surface area contributed by atoms with Gasteiger partial charge in [-0.3, -0.25) is 4.90 Å². The monoisotopic (exact) mass is 295 g/mol. The lowest BCUT2D eigenvalue weighted by Crippen LogP contribution is -2.32. The Hall–Kier alpha value is -3.20. The third kappa shape index (κ3) is 2.94. The Morgan fingerprint density at radius 2 is 1.95 bits per heavy atom. The van der Waals surface area contributed by atoms with Crippen LogP contribution in [0.4, 0.5) is 16.2 Å². The predicted octanol–water partition coefficient (Wildman–Crippen LogP) is 4.20. The summed E-state index contributed by atoms with van der Waals surface area (Å²) in [6, 6.07) is 14.5. The lowest BCUT2D eigenvalue weighted by molar-refractivity contribution is 0.199. The average molecular weight is 295 g/mol. The van der Waals surface area contributed by atoms with Gasteiger partial charge in [0, 0.05) is 0 Å². The molecule has 0 fully saturated rings. The highest BCUT2D eigenvalue weighted by Crippen LogP contribution is 2.35. The molecular weight excluding hydrogens is 282 g/mol. The van der Waals surface area contributed by atoms with Gasteiger partial charge in [-0.25, -0.2) is 4.79 Å². The van der Waals surface area contributed by atoms with Crippen molar-refractivity contribution in [2.75, 3.05) is 4.90 Å². The van der Waals surface area contributed by atoms with Crippen molar-refractivity contribution >= 4 is 17.5 Å². The molecule has 1 N–H and O–H groups in total. The van der Waals surface area contributed by atoms with E-state index in [-0.39, 0.29) is 16.9 Å². The van der Waals surface area contributed by atoms with Crippen molar-refractivity contribution in [1.29, 1.82) is 5.26 Å². The van der Waals surface area contributed by atoms with Gasteiger partial charge >= 0.3 is 6.09 Å². The zero-order chi connectivity index (χ0) is 16.1. The fourth-order valence-electron chi connectivity index (χ4n) is 2.22. The molecule has 1 atom stereocenters. The van der Waals surface area contributed by atoms with E-state index in [9.17, 15) is 14.8 Å². The van der Waals surface area contributed by atoms with Gasteiger partial charge < -0.3 is 5.11 Å². The smallest absolute Gasteiger partial charge is 0.412 e. The third-order valence-electron chi connectivity index (χ3n) is 3.34. The molecule has 1 amide bonds. The molecule has 0 aliphatic rings. The summed E-state index contributed by atoms with van der Waals surface area (Å²) in [4.78, 5) is 23.7. The van der Waals surface area contributed by atoms with Crippen molar-refractivity contribution in [1.82, 2.24) is 0 Å². The number of amides is 1. The van der Waals surface area contributed by atoms with E-state index >= 15 is 0 Å². The average Bonchev–Trinajstić information content (AvgIpc) is 2.55. The minimum Gasteiger partial charge on any atom is -0.465 e. The first-order valence-electron chi connectivity index (χ1n) is 6.53. The van der Waals surface area contributed by atoms with Gasteiger partial charge in [-0.1, -0.05) is 30.3 Å². The van der Waals surface area contributed by atoms with Crippen molar-refractivity contribution < 1.29 is 9.90 Å². The number of carbonyl (C=O) groups is 1. The number of nitrogens with zero attached hydrogens (tertiary/aromatic N) is 3. The number of nitriles is 1. The summed E-state index contributed by atoms with van der Waals surface area (Å²) in [5, 5.41) is 21.4. The topological polar surface area (TPSA) is 93.8 Å². The first-order valence-corrected chi connectivity index (χ1v) is 6.53. The lowest BCUT2D eigenvalue weighted by Gasteiger charge is -2.27. The zero-order valence-corrected chi connectivity index (χ0v) is 11.8. The van der Waals surface area contributed by atoms with E-state index in [1.54, 1.807) is 31.2 Å². The highest BCUT2D eigenvalue weighted by atomic mass is 16.4. The highest BCUT2D eigenvalue weighted by molar-refractivity contribution is 5.91. The van der Waals surface area contributed by atoms with Gasteiger partial charge in [0.2, 0.25) is 0 Å². The molecule has 6 heteroatoms. The van der Waals surface area contributed by atoms with E-state index in [4.69, 9.17) is 5.26 Å². The first kappa shape index (κ1) is 15.2. The van der Waals surface area contributed by atoms with E-state index in [1.165, 1.54) is 18.2 Å². The van der Waals surface area contributed by atoms with Crippen LogP contribution in [0.3, 0.4) is 0 Å². The Morgan fingerprint density at radius 1 is 1.27 bits per heavy atom. The standard InChI is InChI=1S/C16H13N3O3/c1-11(13-5-3-2-4-6-13)19(16(20)21)15-9-12(10-17)7-8-14(15)18-22/h2-9,11H,1H3,(H,20,21)/t11-/m0/s1. The van der Waals surface area contributed by atoms with Crippen molar-refractivity contribution in [3.05, 3.63) is 64.6 Å². The molecule has 0 aliphatic carbocycles. The molecule has 0 spiro atoms. The number of benzene rings is 2. The van der Waals surface area contributed by atoms with Gasteiger partial charge in [0.1, 0.15) is 5.69 Å². The van der Waals surface area contributed by atoms with Gasteiger partial charge in [0.05, 0.1) is 23.4 Å². The summed E-state index contributed by atoms with van der Waals surface area (Å²) in [6.07, 6.45) is -1.23. The predicted molar refractivity (Wildman–Crippen MR) is 82.0 cm³/mol. The van der Waals surface area contributed by atoms with Crippen LogP contribution in [0.2, 0.25) is 0 Å². The number of hydrogen-bond donors (Lipinski definition) is 1. The largest absolute Gasteiger partial charge is 0.465 e. The molecule has 0 saturated heterocycles. The van der Waals surface area contributed by atoms with E-state index < -0.39 is 12.1 Å². The number of nitroso groups, excluding NO2 is 1. The maximum Gasteiger partial charge on any atom is 0.412 e. The van der Waals surface area contributed by atoms with E-state index in [0.29, 0.717) is 0 Å². The molecule has 0 saturated carbocycles. The first-order chi connectivity index (χ1) is 10.6. The van der Waals surface area contributed by atoms with Crippen LogP contribution in [-0.4, -0.2) is 11.2 Å². The summed E-state index contributed by atoms with van der Waals surface area (Å²) >= 11 is 0. The SMILES string of the molecule is C[C@@H](c1ccccc1)N(C(=O)O)c1cc(C#N)ccc1N=O. The molecule has 22 heavy (non-hydrogen) atoms. The van der Waals surface area contributed by atoms with Crippen LogP contribution < -0.4 is 4.90 Å². The quantitative estimate of drug-likeness (QED) is 0.855. The number of hydrogen-bond acceptors (Lipinski definition) is 4. The fourth-order valence-corrected chi connectivity index (χ4v) is 2.22. The molecule has 0 aromatic heterocycles. The summed E-state index contributed by atoms with van der Waals surface area (Å²) in [7, 11) is 0. The Kier molecular flexibility index (Phi) is 4.49. The molecule has 0 bridgehead atoms. The molecule has 2 aromatic rings. The van der Waals surface area contributed by atoms with E-state index in [2.05, 4.69) is 5.18 Å². The van der Waals surface area contributed by atoms with Crippen LogP contribution in [0.1, 0.15) is 24.1 Å². The van der Waals surface area contributed by atoms with Crippen LogP contribution in [0.25, 0.3) is 0 Å². The third-order valence-corrected chi connectivity index (χ3v) is 3.34. The van der Waals surface area contributed by atoms with Crippen LogP contribution in [0.15, 0.2) is 53.7 Å². The normalized spacial score (nSPS) is 11.3. The molecule has 2 aromatic carbocycles. The minimum atomic E-state index is -1.23. The summed E-state index contributed by atoms with van der Waals surface area (Å²) in [5.41, 5.74) is 1.10. The van der Waals surface area contributed by atoms with Crippen LogP contribution in [0, 0.1) is 16.2 Å². The Morgan fingerprint density at radius 3 is 2.50 bits per heavy atom. The molecule has 2 rings (SSSR count). The molecule has 110 valence electrons. The number of rotatable bonds is 4. The van der Waals surface area contributed by atoms with Gasteiger partial charge in [-0.2, -0.15) is 5.26 Å². The maximum atomic E-state index is 11.7. The zero-order valence-electron chi connectivity index (χ0n) is 11.8. The lowest BCUT2D eigenvalue weighted by atomic mass is 10.1. The second kappa shape index (κ2) is 6.50. The van der Waals surface area contributed by atoms with Gasteiger partial charge in [-0.05, 0) is 35.9 Å². The van der Waals surface area contributed by atoms with Crippen LogP contribution in [-0.2, 0) is 0 Å². The number of anilines is 1. The van der Waals surface area contributed by atoms with Crippen LogP contribution in [0.5, 0.6) is 0 Å². The van der Waals surface area contributed by atoms with Gasteiger partial charge in [0.25, 0.3) is 0 Å². The second-order valence-electron chi connectivity index (χ2n) is 4.65. The highest BCUT2D eigenvalue weighted by Gasteiger charge is 2.25. The maximum absolute atomic E-state index is 11.7. The molecule has 0 aliphatic heterocycles. The Labute approximate surface area is 127 Å². The Balaban J connectivity index is 2.56. The van der Waals surface area contributed by atoms with Crippen molar-refractivity contribution in [3.8, 4) is 6.07 Å². The molecule has 0 heterocycles.